The Morgan fingerprint density at radius 2 is 2.12 bits per heavy atom. The van der Waals surface area contributed by atoms with Crippen LogP contribution in [0.5, 0.6) is 0 Å². The first-order valence-electron chi connectivity index (χ1n) is 10.3. The van der Waals surface area contributed by atoms with Crippen LogP contribution in [0.25, 0.3) is 0 Å². The number of hydrogen-bond donors (Lipinski definition) is 1. The van der Waals surface area contributed by atoms with E-state index in [1.165, 1.54) is 17.4 Å². The second-order valence-electron chi connectivity index (χ2n) is 8.66. The maximum atomic E-state index is 15.1. The SMILES string of the molecule is CCSc1ccsc1C1C(C#N)=C(N)N(c2ccc(Br)cc2F)C2=C1C(=O)CC(C)(C)C2. The molecule has 166 valence electrons. The minimum atomic E-state index is -0.526. The zero-order chi connectivity index (χ0) is 23.2. The van der Waals surface area contributed by atoms with E-state index in [9.17, 15) is 10.1 Å². The fraction of sp³-hybridized carbons (Fsp3) is 0.333. The predicted molar refractivity (Wildman–Crippen MR) is 132 cm³/mol. The number of ketones is 1. The van der Waals surface area contributed by atoms with Crippen LogP contribution in [0.2, 0.25) is 0 Å². The number of allylic oxidation sites excluding steroid dienone is 3. The van der Waals surface area contributed by atoms with E-state index in [0.29, 0.717) is 34.2 Å². The lowest BCUT2D eigenvalue weighted by Crippen LogP contribution is -2.42. The van der Waals surface area contributed by atoms with Crippen molar-refractivity contribution < 1.29 is 9.18 Å². The van der Waals surface area contributed by atoms with Gasteiger partial charge in [0.1, 0.15) is 11.6 Å². The molecular weight excluding hydrogens is 509 g/mol. The Kier molecular flexibility index (Phi) is 6.27. The Morgan fingerprint density at radius 1 is 1.38 bits per heavy atom. The molecule has 32 heavy (non-hydrogen) atoms. The highest BCUT2D eigenvalue weighted by molar-refractivity contribution is 9.10. The molecule has 2 aliphatic rings. The van der Waals surface area contributed by atoms with Gasteiger partial charge in [-0.2, -0.15) is 5.26 Å². The summed E-state index contributed by atoms with van der Waals surface area (Å²) in [7, 11) is 0. The number of hydrogen-bond acceptors (Lipinski definition) is 6. The van der Waals surface area contributed by atoms with E-state index in [4.69, 9.17) is 5.73 Å². The van der Waals surface area contributed by atoms with Crippen molar-refractivity contribution in [3.8, 4) is 6.07 Å². The van der Waals surface area contributed by atoms with Gasteiger partial charge in [0.2, 0.25) is 0 Å². The Bertz CT molecular complexity index is 1210. The molecule has 0 saturated heterocycles. The summed E-state index contributed by atoms with van der Waals surface area (Å²) in [6.45, 7) is 6.13. The van der Waals surface area contributed by atoms with E-state index in [1.807, 2.05) is 25.3 Å². The Hall–Kier alpha value is -2.08. The molecule has 1 unspecified atom stereocenters. The standard InChI is InChI=1S/C24H23BrFN3OS2/c1-4-31-19-7-8-32-22(19)20-14(12-27)23(28)29(16-6-5-13(25)9-15(16)26)17-10-24(2,3)11-18(30)21(17)20/h5-9,20H,4,10-11,28H2,1-3H3. The number of nitriles is 1. The number of thioether (sulfide) groups is 1. The molecule has 1 aromatic heterocycles. The second kappa shape index (κ2) is 8.69. The molecule has 2 heterocycles. The van der Waals surface area contributed by atoms with Crippen molar-refractivity contribution in [3.05, 3.63) is 67.5 Å². The third kappa shape index (κ3) is 3.91. The van der Waals surface area contributed by atoms with Gasteiger partial charge in [-0.3, -0.25) is 9.69 Å². The van der Waals surface area contributed by atoms with Crippen molar-refractivity contribution in [2.75, 3.05) is 10.7 Å². The second-order valence-corrected chi connectivity index (χ2v) is 11.8. The molecule has 0 saturated carbocycles. The summed E-state index contributed by atoms with van der Waals surface area (Å²) in [5, 5.41) is 12.1. The van der Waals surface area contributed by atoms with Gasteiger partial charge in [-0.25, -0.2) is 4.39 Å². The Balaban J connectivity index is 2.01. The fourth-order valence-electron chi connectivity index (χ4n) is 4.50. The Labute approximate surface area is 204 Å². The van der Waals surface area contributed by atoms with Crippen LogP contribution in [0.1, 0.15) is 44.4 Å². The molecule has 0 fully saturated rings. The number of carbonyl (C=O) groups is 1. The molecular formula is C24H23BrFN3OS2. The number of Topliss-reactive ketones (excluding diaryl/α,β-unsaturated/α-hetero) is 1. The van der Waals surface area contributed by atoms with Crippen LogP contribution in [0.4, 0.5) is 10.1 Å². The van der Waals surface area contributed by atoms with Gasteiger partial charge < -0.3 is 5.73 Å². The highest BCUT2D eigenvalue weighted by atomic mass is 79.9. The van der Waals surface area contributed by atoms with Crippen molar-refractivity contribution in [1.29, 1.82) is 5.26 Å². The van der Waals surface area contributed by atoms with Crippen molar-refractivity contribution in [2.45, 2.75) is 44.4 Å². The van der Waals surface area contributed by atoms with E-state index in [-0.39, 0.29) is 22.7 Å². The number of nitrogens with two attached hydrogens (primary N) is 1. The van der Waals surface area contributed by atoms with Gasteiger partial charge >= 0.3 is 0 Å². The molecule has 1 aliphatic carbocycles. The van der Waals surface area contributed by atoms with E-state index in [1.54, 1.807) is 28.8 Å². The Morgan fingerprint density at radius 3 is 2.78 bits per heavy atom. The van der Waals surface area contributed by atoms with E-state index < -0.39 is 11.7 Å². The zero-order valence-corrected chi connectivity index (χ0v) is 21.3. The minimum Gasteiger partial charge on any atom is -0.384 e. The zero-order valence-electron chi connectivity index (χ0n) is 18.0. The lowest BCUT2D eigenvalue weighted by Gasteiger charge is -2.43. The smallest absolute Gasteiger partial charge is 0.162 e. The summed E-state index contributed by atoms with van der Waals surface area (Å²) in [5.41, 5.74) is 8.08. The van der Waals surface area contributed by atoms with Crippen LogP contribution < -0.4 is 10.6 Å². The van der Waals surface area contributed by atoms with Gasteiger partial charge in [0.15, 0.2) is 5.78 Å². The number of anilines is 1. The molecule has 0 bridgehead atoms. The van der Waals surface area contributed by atoms with Crippen LogP contribution in [-0.4, -0.2) is 11.5 Å². The number of halogens is 2. The molecule has 4 nitrogen and oxygen atoms in total. The number of rotatable bonds is 4. The highest BCUT2D eigenvalue weighted by Crippen LogP contribution is 2.52. The van der Waals surface area contributed by atoms with Gasteiger partial charge in [-0.05, 0) is 47.2 Å². The average Bonchev–Trinajstić information content (AvgIpc) is 3.15. The first-order valence-corrected chi connectivity index (χ1v) is 13.0. The van der Waals surface area contributed by atoms with Gasteiger partial charge in [0.25, 0.3) is 0 Å². The predicted octanol–water partition coefficient (Wildman–Crippen LogP) is 6.70. The first-order chi connectivity index (χ1) is 15.2. The molecule has 2 aromatic rings. The summed E-state index contributed by atoms with van der Waals surface area (Å²) in [6, 6.07) is 9.01. The van der Waals surface area contributed by atoms with Crippen LogP contribution in [0.15, 0.2) is 61.7 Å². The number of benzene rings is 1. The molecule has 1 atom stereocenters. The fourth-order valence-corrected chi connectivity index (χ4v) is 6.89. The monoisotopic (exact) mass is 531 g/mol. The van der Waals surface area contributed by atoms with Gasteiger partial charge in [-0.15, -0.1) is 23.1 Å². The van der Waals surface area contributed by atoms with Crippen LogP contribution >= 0.6 is 39.0 Å². The van der Waals surface area contributed by atoms with Crippen molar-refractivity contribution in [1.82, 2.24) is 0 Å². The highest BCUT2D eigenvalue weighted by Gasteiger charge is 2.46. The quantitative estimate of drug-likeness (QED) is 0.444. The van der Waals surface area contributed by atoms with Gasteiger partial charge in [-0.1, -0.05) is 36.7 Å². The van der Waals surface area contributed by atoms with E-state index >= 15 is 4.39 Å². The topological polar surface area (TPSA) is 70.1 Å². The van der Waals surface area contributed by atoms with E-state index in [2.05, 4.69) is 28.9 Å². The van der Waals surface area contributed by atoms with Crippen LogP contribution in [0, 0.1) is 22.6 Å². The maximum absolute atomic E-state index is 15.1. The summed E-state index contributed by atoms with van der Waals surface area (Å²) in [6.07, 6.45) is 0.931. The summed E-state index contributed by atoms with van der Waals surface area (Å²) in [4.78, 5) is 17.1. The third-order valence-corrected chi connectivity index (χ3v) is 8.31. The summed E-state index contributed by atoms with van der Waals surface area (Å²) in [5.74, 6) is 0.0517. The molecule has 4 rings (SSSR count). The lowest BCUT2D eigenvalue weighted by molar-refractivity contribution is -0.118. The maximum Gasteiger partial charge on any atom is 0.162 e. The van der Waals surface area contributed by atoms with Crippen molar-refractivity contribution in [3.63, 3.8) is 0 Å². The number of nitrogens with zero attached hydrogens (tertiary/aromatic N) is 2. The van der Waals surface area contributed by atoms with Crippen molar-refractivity contribution in [2.24, 2.45) is 11.1 Å². The molecule has 1 aliphatic heterocycles. The minimum absolute atomic E-state index is 0.00938. The van der Waals surface area contributed by atoms with Crippen LogP contribution in [0.3, 0.4) is 0 Å². The van der Waals surface area contributed by atoms with Gasteiger partial charge in [0, 0.05) is 31.9 Å². The molecule has 1 aromatic carbocycles. The number of thiophene rings is 1. The van der Waals surface area contributed by atoms with Crippen LogP contribution in [-0.2, 0) is 4.79 Å². The summed E-state index contributed by atoms with van der Waals surface area (Å²) < 4.78 is 15.7. The molecule has 0 amide bonds. The van der Waals surface area contributed by atoms with Crippen molar-refractivity contribution >= 4 is 50.5 Å². The average molecular weight is 533 g/mol. The first kappa shape index (κ1) is 23.1. The lowest BCUT2D eigenvalue weighted by atomic mass is 9.69. The van der Waals surface area contributed by atoms with Gasteiger partial charge in [0.05, 0.1) is 23.2 Å². The van der Waals surface area contributed by atoms with E-state index in [0.717, 1.165) is 15.5 Å². The molecule has 0 radical (unpaired) electrons. The third-order valence-electron chi connectivity index (χ3n) is 5.75. The normalized spacial score (nSPS) is 20.4. The summed E-state index contributed by atoms with van der Waals surface area (Å²) >= 11 is 6.51. The number of carbonyl (C=O) groups excluding carboxylic acids is 1. The molecule has 2 N–H and O–H groups in total. The molecule has 8 heteroatoms. The molecule has 0 spiro atoms. The largest absolute Gasteiger partial charge is 0.384 e.